The second-order valence-electron chi connectivity index (χ2n) is 16.4. The van der Waals surface area contributed by atoms with E-state index in [0.29, 0.717) is 0 Å². The number of para-hydroxylation sites is 5. The fraction of sp³-hybridized carbons (Fsp3) is 0.0769. The number of unbranched alkanes of at least 4 members (excludes halogenated alkanes) is 1. The number of rotatable bonds is 5. The molecule has 0 saturated heterocycles. The molecule has 0 saturated carbocycles. The minimum absolute atomic E-state index is 0.00416. The summed E-state index contributed by atoms with van der Waals surface area (Å²) in [6, 6.07) is 61.3. The zero-order valence-corrected chi connectivity index (χ0v) is 34.6. The maximum atomic E-state index is 6.81. The van der Waals surface area contributed by atoms with Gasteiger partial charge in [0, 0.05) is 59.7 Å². The van der Waals surface area contributed by atoms with Crippen LogP contribution in [0.3, 0.4) is 0 Å². The molecule has 7 heteroatoms. The van der Waals surface area contributed by atoms with Crippen molar-refractivity contribution in [3.8, 4) is 17.2 Å². The maximum Gasteiger partial charge on any atom is 0.256 e. The molecular weight excluding hydrogens is 831 g/mol. The quantitative estimate of drug-likeness (QED) is 0.127. The molecule has 278 valence electrons. The smallest absolute Gasteiger partial charge is 0.256 e. The van der Waals surface area contributed by atoms with E-state index in [4.69, 9.17) is 4.74 Å². The van der Waals surface area contributed by atoms with Gasteiger partial charge in [0.05, 0.1) is 5.52 Å². The van der Waals surface area contributed by atoms with Crippen molar-refractivity contribution >= 4 is 125 Å². The lowest BCUT2D eigenvalue weighted by atomic mass is 9.30. The van der Waals surface area contributed by atoms with Gasteiger partial charge in [-0.1, -0.05) is 110 Å². The van der Waals surface area contributed by atoms with E-state index in [1.165, 1.54) is 94.3 Å². The number of benzene rings is 8. The minimum atomic E-state index is -0.00416. The van der Waals surface area contributed by atoms with Gasteiger partial charge in [-0.2, -0.15) is 0 Å². The Labute approximate surface area is 358 Å². The number of aromatic nitrogens is 1. The highest BCUT2D eigenvalue weighted by molar-refractivity contribution is 14.1. The highest BCUT2D eigenvalue weighted by Crippen LogP contribution is 2.46. The van der Waals surface area contributed by atoms with E-state index in [1.807, 2.05) is 0 Å². The van der Waals surface area contributed by atoms with E-state index >= 15 is 0 Å². The summed E-state index contributed by atoms with van der Waals surface area (Å²) in [6.45, 7) is 2.32. The maximum absolute atomic E-state index is 6.81. The molecule has 0 N–H and O–H groups in total. The first-order valence-electron chi connectivity index (χ1n) is 20.8. The topological polar surface area (TPSA) is 20.6 Å². The van der Waals surface area contributed by atoms with Crippen LogP contribution in [0.25, 0.3) is 27.5 Å². The third kappa shape index (κ3) is 4.68. The summed E-state index contributed by atoms with van der Waals surface area (Å²) in [4.78, 5) is 5.07. The number of fused-ring (bicyclic) bond motifs is 11. The number of hydrogen-bond acceptors (Lipinski definition) is 3. The lowest BCUT2D eigenvalue weighted by molar-refractivity contribution is 0.487. The molecule has 0 fully saturated rings. The molecule has 8 aromatic carbocycles. The first kappa shape index (κ1) is 33.8. The van der Waals surface area contributed by atoms with Crippen LogP contribution in [0.5, 0.6) is 11.5 Å². The highest BCUT2D eigenvalue weighted by Gasteiger charge is 2.47. The number of halogens is 1. The molecule has 0 atom stereocenters. The fourth-order valence-electron chi connectivity index (χ4n) is 10.9. The van der Waals surface area contributed by atoms with E-state index in [2.05, 4.69) is 208 Å². The number of anilines is 6. The lowest BCUT2D eigenvalue weighted by Gasteiger charge is -2.44. The fourth-order valence-corrected chi connectivity index (χ4v) is 11.4. The predicted octanol–water partition coefficient (Wildman–Crippen LogP) is 9.75. The molecule has 0 unspecified atom stereocenters. The molecule has 5 heterocycles. The molecule has 4 aliphatic rings. The summed E-state index contributed by atoms with van der Waals surface area (Å²) in [5, 5.41) is 2.62. The highest BCUT2D eigenvalue weighted by atomic mass is 127. The van der Waals surface area contributed by atoms with Crippen LogP contribution in [0.4, 0.5) is 34.1 Å². The van der Waals surface area contributed by atoms with E-state index < -0.39 is 0 Å². The summed E-state index contributed by atoms with van der Waals surface area (Å²) in [6.07, 6.45) is 3.33. The normalized spacial score (nSPS) is 13.8. The Kier molecular flexibility index (Phi) is 7.24. The molecular formula is C52H36B2IN3O. The Morgan fingerprint density at radius 2 is 1.14 bits per heavy atom. The molecule has 4 aliphatic heterocycles. The van der Waals surface area contributed by atoms with Gasteiger partial charge in [-0.15, -0.1) is 0 Å². The van der Waals surface area contributed by atoms with Crippen LogP contribution in [0.1, 0.15) is 25.3 Å². The van der Waals surface area contributed by atoms with Crippen molar-refractivity contribution < 1.29 is 4.74 Å². The summed E-state index contributed by atoms with van der Waals surface area (Å²) in [5.41, 5.74) is 20.2. The van der Waals surface area contributed by atoms with Crippen molar-refractivity contribution in [2.24, 2.45) is 0 Å². The van der Waals surface area contributed by atoms with Crippen molar-refractivity contribution in [1.82, 2.24) is 4.57 Å². The van der Waals surface area contributed by atoms with Gasteiger partial charge in [0.25, 0.3) is 13.4 Å². The van der Waals surface area contributed by atoms with Crippen LogP contribution < -0.4 is 47.3 Å². The van der Waals surface area contributed by atoms with E-state index in [-0.39, 0.29) is 13.4 Å². The monoisotopic (exact) mass is 867 g/mol. The van der Waals surface area contributed by atoms with Gasteiger partial charge in [-0.25, -0.2) is 0 Å². The second-order valence-corrected chi connectivity index (χ2v) is 17.6. The van der Waals surface area contributed by atoms with E-state index in [9.17, 15) is 0 Å². The van der Waals surface area contributed by atoms with E-state index in [1.54, 1.807) is 0 Å². The van der Waals surface area contributed by atoms with Gasteiger partial charge in [-0.05, 0) is 141 Å². The Morgan fingerprint density at radius 3 is 1.90 bits per heavy atom. The number of hydrogen-bond donors (Lipinski definition) is 0. The first-order chi connectivity index (χ1) is 29.2. The number of nitrogens with zero attached hydrogens (tertiary/aromatic N) is 3. The standard InChI is InChI=1S/C52H36B2IN3O/c1-2-3-15-32-26-45-50-46(27-32)58-42-24-12-10-20-36(42)37-21-14-23-39(52(37)58)54(50)41-30-40-43(31-44(41)56(45)34-16-6-4-7-17-34)57(35-18-8-5-9-19-35)47-28-33(55)29-49-51(47)53(40)38-22-11-13-25-48(38)59-49/h4-14,16-31H,2-3,15H2,1H3. The van der Waals surface area contributed by atoms with Gasteiger partial charge in [0.15, 0.2) is 0 Å². The van der Waals surface area contributed by atoms with Crippen molar-refractivity contribution in [2.75, 3.05) is 9.80 Å². The Morgan fingerprint density at radius 1 is 0.508 bits per heavy atom. The van der Waals surface area contributed by atoms with Gasteiger partial charge < -0.3 is 19.1 Å². The number of aryl methyl sites for hydroxylation is 1. The molecule has 59 heavy (non-hydrogen) atoms. The Bertz CT molecular complexity index is 3240. The third-order valence-corrected chi connectivity index (χ3v) is 13.8. The van der Waals surface area contributed by atoms with Crippen molar-refractivity contribution in [2.45, 2.75) is 26.2 Å². The third-order valence-electron chi connectivity index (χ3n) is 13.2. The molecule has 9 aromatic rings. The molecule has 4 nitrogen and oxygen atoms in total. The number of ether oxygens (including phenoxy) is 1. The van der Waals surface area contributed by atoms with Crippen molar-refractivity contribution in [3.05, 3.63) is 173 Å². The molecule has 0 radical (unpaired) electrons. The molecule has 0 amide bonds. The van der Waals surface area contributed by atoms with E-state index in [0.717, 1.165) is 40.0 Å². The van der Waals surface area contributed by atoms with Crippen LogP contribution >= 0.6 is 22.6 Å². The molecule has 0 spiro atoms. The summed E-state index contributed by atoms with van der Waals surface area (Å²) in [5.74, 6) is 1.87. The zero-order valence-electron chi connectivity index (χ0n) is 32.5. The average molecular weight is 867 g/mol. The second kappa shape index (κ2) is 12.7. The molecule has 1 aromatic heterocycles. The van der Waals surface area contributed by atoms with Gasteiger partial charge in [0.1, 0.15) is 11.5 Å². The van der Waals surface area contributed by atoms with Crippen LogP contribution in [0.2, 0.25) is 0 Å². The summed E-state index contributed by atoms with van der Waals surface area (Å²) in [7, 11) is 0. The summed E-state index contributed by atoms with van der Waals surface area (Å²) >= 11 is 2.46. The molecule has 0 bridgehead atoms. The van der Waals surface area contributed by atoms with Gasteiger partial charge >= 0.3 is 0 Å². The van der Waals surface area contributed by atoms with Crippen molar-refractivity contribution in [1.29, 1.82) is 0 Å². The summed E-state index contributed by atoms with van der Waals surface area (Å²) < 4.78 is 10.5. The molecule has 13 rings (SSSR count). The minimum Gasteiger partial charge on any atom is -0.458 e. The lowest BCUT2D eigenvalue weighted by Crippen LogP contribution is -2.64. The van der Waals surface area contributed by atoms with Gasteiger partial charge in [0.2, 0.25) is 0 Å². The first-order valence-corrected chi connectivity index (χ1v) is 21.9. The van der Waals surface area contributed by atoms with Gasteiger partial charge in [-0.3, -0.25) is 0 Å². The van der Waals surface area contributed by atoms with Crippen LogP contribution in [0.15, 0.2) is 164 Å². The Balaban J connectivity index is 1.19. The van der Waals surface area contributed by atoms with Crippen molar-refractivity contribution in [3.63, 3.8) is 0 Å². The zero-order chi connectivity index (χ0) is 38.9. The predicted molar refractivity (Wildman–Crippen MR) is 257 cm³/mol. The largest absolute Gasteiger partial charge is 0.458 e. The van der Waals surface area contributed by atoms with Crippen LogP contribution in [-0.4, -0.2) is 18.0 Å². The SMILES string of the molecule is CCCCc1cc2c3c(c1)-n1c4ccccc4c4cccc(c41)B3c1cc3c(cc1N2c1ccccc1)N(c1ccccc1)c1cc(I)cc2c1B3c1ccccc1O2. The molecule has 0 aliphatic carbocycles. The van der Waals surface area contributed by atoms with Crippen LogP contribution in [-0.2, 0) is 6.42 Å². The Hall–Kier alpha value is -6.18. The average Bonchev–Trinajstić information content (AvgIpc) is 3.62. The van der Waals surface area contributed by atoms with Crippen LogP contribution in [0, 0.1) is 3.57 Å².